The van der Waals surface area contributed by atoms with Gasteiger partial charge < -0.3 is 9.47 Å². The van der Waals surface area contributed by atoms with Crippen LogP contribution in [0.15, 0.2) is 30.6 Å². The van der Waals surface area contributed by atoms with E-state index in [0.29, 0.717) is 17.9 Å². The number of hydrogen-bond donors (Lipinski definition) is 0. The van der Waals surface area contributed by atoms with E-state index in [2.05, 4.69) is 19.9 Å². The molecular formula is C19H16ClF3N6O. The maximum Gasteiger partial charge on any atom is 0.433 e. The van der Waals surface area contributed by atoms with Gasteiger partial charge in [0, 0.05) is 25.0 Å². The first-order valence-corrected chi connectivity index (χ1v) is 9.42. The van der Waals surface area contributed by atoms with E-state index in [1.54, 1.807) is 23.9 Å². The number of aryl methyl sites for hydroxylation is 1. The Labute approximate surface area is 174 Å². The van der Waals surface area contributed by atoms with E-state index in [-0.39, 0.29) is 29.4 Å². The van der Waals surface area contributed by atoms with E-state index in [0.717, 1.165) is 11.6 Å². The summed E-state index contributed by atoms with van der Waals surface area (Å²) in [4.78, 5) is 30.7. The molecule has 0 fully saturated rings. The summed E-state index contributed by atoms with van der Waals surface area (Å²) in [5.74, 6) is -0.207. The lowest BCUT2D eigenvalue weighted by Gasteiger charge is -2.33. The average molecular weight is 437 g/mol. The van der Waals surface area contributed by atoms with Crippen LogP contribution in [0.25, 0.3) is 11.4 Å². The minimum atomic E-state index is -4.55. The van der Waals surface area contributed by atoms with Crippen LogP contribution in [0.3, 0.4) is 0 Å². The Morgan fingerprint density at radius 3 is 2.73 bits per heavy atom. The summed E-state index contributed by atoms with van der Waals surface area (Å²) in [6.45, 7) is 4.01. The number of nitrogens with zero attached hydrogens (tertiary/aromatic N) is 6. The summed E-state index contributed by atoms with van der Waals surface area (Å²) in [6, 6.07) is 3.39. The number of alkyl halides is 3. The second-order valence-electron chi connectivity index (χ2n) is 7.07. The van der Waals surface area contributed by atoms with Crippen LogP contribution < -0.4 is 0 Å². The highest BCUT2D eigenvalue weighted by atomic mass is 35.5. The molecule has 7 nitrogen and oxygen atoms in total. The van der Waals surface area contributed by atoms with Crippen molar-refractivity contribution >= 4 is 17.5 Å². The van der Waals surface area contributed by atoms with Crippen LogP contribution in [0, 0.1) is 6.92 Å². The molecule has 4 heterocycles. The molecule has 156 valence electrons. The Hall–Kier alpha value is -3.01. The number of hydrogen-bond acceptors (Lipinski definition) is 5. The minimum Gasteiger partial charge on any atom is -0.326 e. The van der Waals surface area contributed by atoms with Gasteiger partial charge in [-0.05, 0) is 43.1 Å². The Kier molecular flexibility index (Phi) is 4.97. The molecule has 1 atom stereocenters. The molecule has 0 radical (unpaired) electrons. The number of carbonyl (C=O) groups is 1. The van der Waals surface area contributed by atoms with E-state index >= 15 is 0 Å². The lowest BCUT2D eigenvalue weighted by atomic mass is 10.2. The summed E-state index contributed by atoms with van der Waals surface area (Å²) in [5, 5.41) is 0.0681. The number of halogens is 4. The predicted octanol–water partition coefficient (Wildman–Crippen LogP) is 3.76. The third-order valence-electron chi connectivity index (χ3n) is 4.84. The number of fused-ring (bicyclic) bond motifs is 1. The highest BCUT2D eigenvalue weighted by Gasteiger charge is 2.35. The maximum atomic E-state index is 13.0. The van der Waals surface area contributed by atoms with E-state index < -0.39 is 17.8 Å². The van der Waals surface area contributed by atoms with Crippen molar-refractivity contribution in [1.82, 2.24) is 29.4 Å². The van der Waals surface area contributed by atoms with Crippen molar-refractivity contribution in [3.8, 4) is 11.4 Å². The molecule has 30 heavy (non-hydrogen) atoms. The topological polar surface area (TPSA) is 76.8 Å². The summed E-state index contributed by atoms with van der Waals surface area (Å²) < 4.78 is 40.6. The minimum absolute atomic E-state index is 0.0511. The van der Waals surface area contributed by atoms with Gasteiger partial charge in [-0.1, -0.05) is 6.07 Å². The van der Waals surface area contributed by atoms with Gasteiger partial charge in [0.2, 0.25) is 5.28 Å². The maximum absolute atomic E-state index is 13.0. The van der Waals surface area contributed by atoms with Gasteiger partial charge in [-0.2, -0.15) is 13.2 Å². The number of aromatic nitrogens is 5. The fourth-order valence-electron chi connectivity index (χ4n) is 3.36. The molecule has 0 unspecified atom stereocenters. The highest BCUT2D eigenvalue weighted by Crippen LogP contribution is 2.29. The van der Waals surface area contributed by atoms with E-state index in [1.165, 1.54) is 17.0 Å². The van der Waals surface area contributed by atoms with Crippen LogP contribution in [0.4, 0.5) is 13.2 Å². The van der Waals surface area contributed by atoms with E-state index in [9.17, 15) is 18.0 Å². The lowest BCUT2D eigenvalue weighted by molar-refractivity contribution is -0.141. The van der Waals surface area contributed by atoms with Crippen LogP contribution in [0.2, 0.25) is 5.28 Å². The van der Waals surface area contributed by atoms with Crippen LogP contribution in [0.1, 0.15) is 34.5 Å². The third kappa shape index (κ3) is 3.74. The van der Waals surface area contributed by atoms with Crippen molar-refractivity contribution in [2.45, 2.75) is 39.2 Å². The van der Waals surface area contributed by atoms with E-state index in [1.807, 2.05) is 6.92 Å². The molecule has 0 saturated heterocycles. The predicted molar refractivity (Wildman–Crippen MR) is 102 cm³/mol. The number of imidazole rings is 1. The van der Waals surface area contributed by atoms with Crippen molar-refractivity contribution < 1.29 is 18.0 Å². The molecule has 1 aliphatic rings. The second-order valence-corrected chi connectivity index (χ2v) is 7.40. The Balaban J connectivity index is 1.64. The molecule has 0 bridgehead atoms. The molecule has 3 aromatic heterocycles. The van der Waals surface area contributed by atoms with Gasteiger partial charge in [-0.3, -0.25) is 4.79 Å². The van der Waals surface area contributed by atoms with Gasteiger partial charge in [0.05, 0.1) is 17.9 Å². The van der Waals surface area contributed by atoms with Crippen molar-refractivity contribution in [3.05, 3.63) is 58.7 Å². The van der Waals surface area contributed by atoms with Crippen molar-refractivity contribution in [1.29, 1.82) is 0 Å². The molecule has 1 aliphatic heterocycles. The molecular weight excluding hydrogens is 421 g/mol. The van der Waals surface area contributed by atoms with Gasteiger partial charge >= 0.3 is 6.18 Å². The van der Waals surface area contributed by atoms with Gasteiger partial charge in [-0.15, -0.1) is 0 Å². The largest absolute Gasteiger partial charge is 0.433 e. The standard InChI is InChI=1S/C19H16ClF3N6O/c1-10-6-24-18(20)27-15(10)13-9-28-7-11(2)29(17(30)16(28)26-13)8-12-4-3-5-14(25-12)19(21,22)23/h3-6,9,11H,7-8H2,1-2H3/t11-/m1/s1. The Morgan fingerprint density at radius 2 is 2.00 bits per heavy atom. The SMILES string of the molecule is Cc1cnc(Cl)nc1-c1cn2c(n1)C(=O)N(Cc1cccc(C(F)(F)F)n1)[C@H](C)C2. The van der Waals surface area contributed by atoms with Crippen molar-refractivity contribution in [2.75, 3.05) is 0 Å². The van der Waals surface area contributed by atoms with Crippen molar-refractivity contribution in [3.63, 3.8) is 0 Å². The van der Waals surface area contributed by atoms with Gasteiger partial charge in [0.25, 0.3) is 5.91 Å². The highest BCUT2D eigenvalue weighted by molar-refractivity contribution is 6.28. The average Bonchev–Trinajstić information content (AvgIpc) is 3.10. The zero-order valence-corrected chi connectivity index (χ0v) is 16.7. The van der Waals surface area contributed by atoms with Crippen molar-refractivity contribution in [2.24, 2.45) is 0 Å². The summed E-state index contributed by atoms with van der Waals surface area (Å²) in [6.07, 6.45) is -1.26. The van der Waals surface area contributed by atoms with Crippen LogP contribution in [-0.2, 0) is 19.3 Å². The molecule has 4 rings (SSSR count). The summed E-state index contributed by atoms with van der Waals surface area (Å²) >= 11 is 5.88. The van der Waals surface area contributed by atoms with Crippen LogP contribution in [-0.4, -0.2) is 41.4 Å². The summed E-state index contributed by atoms with van der Waals surface area (Å²) in [5.41, 5.74) is 0.913. The van der Waals surface area contributed by atoms with Gasteiger partial charge in [0.15, 0.2) is 5.82 Å². The summed E-state index contributed by atoms with van der Waals surface area (Å²) in [7, 11) is 0. The molecule has 0 N–H and O–H groups in total. The Morgan fingerprint density at radius 1 is 1.23 bits per heavy atom. The fourth-order valence-corrected chi connectivity index (χ4v) is 3.49. The zero-order chi connectivity index (χ0) is 21.6. The zero-order valence-electron chi connectivity index (χ0n) is 16.0. The third-order valence-corrected chi connectivity index (χ3v) is 5.02. The monoisotopic (exact) mass is 436 g/mol. The number of carbonyl (C=O) groups excluding carboxylic acids is 1. The molecule has 1 amide bonds. The smallest absolute Gasteiger partial charge is 0.326 e. The molecule has 0 aliphatic carbocycles. The first-order valence-electron chi connectivity index (χ1n) is 9.04. The number of amides is 1. The first kappa shape index (κ1) is 20.3. The molecule has 3 aromatic rings. The number of rotatable bonds is 3. The molecule has 0 aromatic carbocycles. The fraction of sp³-hybridized carbons (Fsp3) is 0.316. The van der Waals surface area contributed by atoms with Gasteiger partial charge in [-0.25, -0.2) is 19.9 Å². The van der Waals surface area contributed by atoms with Gasteiger partial charge in [0.1, 0.15) is 11.4 Å². The van der Waals surface area contributed by atoms with Crippen LogP contribution in [0.5, 0.6) is 0 Å². The van der Waals surface area contributed by atoms with Crippen LogP contribution >= 0.6 is 11.6 Å². The molecule has 11 heteroatoms. The molecule has 0 saturated carbocycles. The Bertz CT molecular complexity index is 1130. The molecule has 0 spiro atoms. The quantitative estimate of drug-likeness (QED) is 0.584. The lowest BCUT2D eigenvalue weighted by Crippen LogP contribution is -2.46. The van der Waals surface area contributed by atoms with E-state index in [4.69, 9.17) is 11.6 Å². The number of pyridine rings is 1. The second kappa shape index (κ2) is 7.35. The first-order chi connectivity index (χ1) is 14.1. The normalized spacial score (nSPS) is 16.7.